The summed E-state index contributed by atoms with van der Waals surface area (Å²) in [5.41, 5.74) is 5.62. The molecule has 0 radical (unpaired) electrons. The Kier molecular flexibility index (Phi) is 12.5. The van der Waals surface area contributed by atoms with Crippen LogP contribution in [0, 0.1) is 10.1 Å². The van der Waals surface area contributed by atoms with Crippen molar-refractivity contribution in [1.29, 1.82) is 0 Å². The number of non-ortho nitro benzene ring substituents is 1. The minimum absolute atomic E-state index is 0.0459. The molecule has 1 aromatic rings. The number of carboxylic acid groups (broad SMARTS) is 2. The van der Waals surface area contributed by atoms with Gasteiger partial charge in [0.25, 0.3) is 5.69 Å². The number of nitrogens with one attached hydrogen (secondary N) is 3. The Hall–Kier alpha value is -4.28. The molecule has 7 N–H and O–H groups in total. The maximum absolute atomic E-state index is 12.2. The van der Waals surface area contributed by atoms with Gasteiger partial charge in [0.15, 0.2) is 0 Å². The van der Waals surface area contributed by atoms with Crippen LogP contribution in [0.2, 0.25) is 0 Å². The summed E-state index contributed by atoms with van der Waals surface area (Å²) in [4.78, 5) is 65.2. The summed E-state index contributed by atoms with van der Waals surface area (Å²) in [6.07, 6.45) is -5.66. The van der Waals surface area contributed by atoms with Crippen molar-refractivity contribution >= 4 is 35.3 Å². The maximum Gasteiger partial charge on any atom is 0.490 e. The Morgan fingerprint density at radius 1 is 1.00 bits per heavy atom. The lowest BCUT2D eigenvalue weighted by Gasteiger charge is -2.20. The number of halogens is 3. The number of hydrogen-bond acceptors (Lipinski definition) is 8. The number of nitro groups is 1. The van der Waals surface area contributed by atoms with E-state index < -0.39 is 65.3 Å². The van der Waals surface area contributed by atoms with Crippen molar-refractivity contribution in [3.63, 3.8) is 0 Å². The number of nitrogens with two attached hydrogens (primary N) is 1. The molecule has 1 aromatic carbocycles. The summed E-state index contributed by atoms with van der Waals surface area (Å²) < 4.78 is 31.7. The lowest BCUT2D eigenvalue weighted by molar-refractivity contribution is -0.384. The van der Waals surface area contributed by atoms with Gasteiger partial charge in [-0.3, -0.25) is 24.5 Å². The van der Waals surface area contributed by atoms with Crippen LogP contribution in [-0.2, 0) is 30.5 Å². The molecule has 0 saturated heterocycles. The molecule has 0 spiro atoms. The third-order valence-corrected chi connectivity index (χ3v) is 4.17. The minimum Gasteiger partial charge on any atom is -0.480 e. The van der Waals surface area contributed by atoms with Gasteiger partial charge >= 0.3 is 18.1 Å². The van der Waals surface area contributed by atoms with Crippen LogP contribution in [0.5, 0.6) is 0 Å². The first-order chi connectivity index (χ1) is 16.4. The summed E-state index contributed by atoms with van der Waals surface area (Å²) in [6, 6.07) is 2.55. The molecule has 3 amide bonds. The summed E-state index contributed by atoms with van der Waals surface area (Å²) in [5, 5.41) is 34.2. The van der Waals surface area contributed by atoms with E-state index in [0.29, 0.717) is 0 Å². The summed E-state index contributed by atoms with van der Waals surface area (Å²) >= 11 is 0. The molecule has 0 bridgehead atoms. The average molecular weight is 523 g/mol. The topological polar surface area (TPSA) is 231 Å². The average Bonchev–Trinajstić information content (AvgIpc) is 2.76. The van der Waals surface area contributed by atoms with E-state index in [1.165, 1.54) is 19.1 Å². The van der Waals surface area contributed by atoms with Crippen LogP contribution in [0.3, 0.4) is 0 Å². The van der Waals surface area contributed by atoms with Gasteiger partial charge in [0.05, 0.1) is 17.4 Å². The van der Waals surface area contributed by atoms with Crippen LogP contribution in [-0.4, -0.2) is 69.1 Å². The molecular formula is C19H24F3N5O9. The van der Waals surface area contributed by atoms with Gasteiger partial charge in [0.2, 0.25) is 17.7 Å². The summed E-state index contributed by atoms with van der Waals surface area (Å²) in [6.45, 7) is 3.17. The standard InChI is InChI=1S/C17H23N5O7.C2HF3O2/c1-9(19-8-11-3-5-12(6-4-11)22(28)29)15(24)20-10(2)16(25)21-13(17(26)27)7-14(18)23;3-2(4,5)1(6)7/h3-6,9-10,13,19H,7-8H2,1-2H3,(H2,18,23)(H,20,24)(H,21,25)(H,26,27);(H,6,7)/t9-,10-,13-;/m0./s1. The molecule has 0 aliphatic rings. The lowest BCUT2D eigenvalue weighted by atomic mass is 10.1. The monoisotopic (exact) mass is 523 g/mol. The number of amides is 3. The van der Waals surface area contributed by atoms with Gasteiger partial charge in [0, 0.05) is 18.7 Å². The fraction of sp³-hybridized carbons (Fsp3) is 0.421. The highest BCUT2D eigenvalue weighted by molar-refractivity contribution is 5.92. The molecule has 0 fully saturated rings. The molecule has 0 aromatic heterocycles. The highest BCUT2D eigenvalue weighted by Crippen LogP contribution is 2.13. The Balaban J connectivity index is 0.00000152. The quantitative estimate of drug-likeness (QED) is 0.163. The van der Waals surface area contributed by atoms with Crippen LogP contribution >= 0.6 is 0 Å². The summed E-state index contributed by atoms with van der Waals surface area (Å²) in [5.74, 6) is -6.37. The van der Waals surface area contributed by atoms with Crippen LogP contribution in [0.25, 0.3) is 0 Å². The number of alkyl halides is 3. The number of carbonyl (C=O) groups excluding carboxylic acids is 3. The van der Waals surface area contributed by atoms with E-state index in [2.05, 4.69) is 16.0 Å². The molecular weight excluding hydrogens is 499 g/mol. The Morgan fingerprint density at radius 2 is 1.47 bits per heavy atom. The molecule has 0 aliphatic heterocycles. The fourth-order valence-corrected chi connectivity index (χ4v) is 2.20. The zero-order valence-corrected chi connectivity index (χ0v) is 18.9. The molecule has 36 heavy (non-hydrogen) atoms. The largest absolute Gasteiger partial charge is 0.490 e. The van der Waals surface area contributed by atoms with E-state index in [0.717, 1.165) is 5.56 Å². The maximum atomic E-state index is 12.2. The highest BCUT2D eigenvalue weighted by Gasteiger charge is 2.38. The van der Waals surface area contributed by atoms with Crippen molar-refractivity contribution in [3.05, 3.63) is 39.9 Å². The first kappa shape index (κ1) is 31.7. The molecule has 0 heterocycles. The Bertz CT molecular complexity index is 970. The number of carboxylic acids is 2. The number of nitro benzene ring substituents is 1. The van der Waals surface area contributed by atoms with Gasteiger partial charge in [-0.15, -0.1) is 0 Å². The van der Waals surface area contributed by atoms with Crippen molar-refractivity contribution in [1.82, 2.24) is 16.0 Å². The van der Waals surface area contributed by atoms with Crippen molar-refractivity contribution in [2.45, 2.75) is 51.1 Å². The van der Waals surface area contributed by atoms with E-state index in [-0.39, 0.29) is 12.2 Å². The van der Waals surface area contributed by atoms with Crippen molar-refractivity contribution in [2.24, 2.45) is 5.73 Å². The van der Waals surface area contributed by atoms with E-state index in [1.807, 2.05) is 0 Å². The van der Waals surface area contributed by atoms with Crippen LogP contribution < -0.4 is 21.7 Å². The lowest BCUT2D eigenvalue weighted by Crippen LogP contribution is -2.53. The molecule has 0 saturated carbocycles. The first-order valence-corrected chi connectivity index (χ1v) is 9.84. The number of rotatable bonds is 11. The normalized spacial score (nSPS) is 13.1. The molecule has 1 rings (SSSR count). The molecule has 17 heteroatoms. The fourth-order valence-electron chi connectivity index (χ4n) is 2.20. The number of benzene rings is 1. The number of hydrogen-bond donors (Lipinski definition) is 6. The molecule has 200 valence electrons. The van der Waals surface area contributed by atoms with E-state index >= 15 is 0 Å². The Labute approximate surface area is 201 Å². The van der Waals surface area contributed by atoms with Gasteiger partial charge in [-0.05, 0) is 19.4 Å². The van der Waals surface area contributed by atoms with Gasteiger partial charge in [0.1, 0.15) is 12.1 Å². The minimum atomic E-state index is -5.08. The van der Waals surface area contributed by atoms with Crippen LogP contribution in [0.1, 0.15) is 25.8 Å². The smallest absolute Gasteiger partial charge is 0.480 e. The highest BCUT2D eigenvalue weighted by atomic mass is 19.4. The SMILES string of the molecule is C[C@H](NCc1ccc([N+](=O)[O-])cc1)C(=O)N[C@@H](C)C(=O)N[C@@H](CC(N)=O)C(=O)O.O=C(O)C(F)(F)F. The van der Waals surface area contributed by atoms with Crippen molar-refractivity contribution in [3.8, 4) is 0 Å². The molecule has 0 aliphatic carbocycles. The number of nitrogens with zero attached hydrogens (tertiary/aromatic N) is 1. The number of primary amides is 1. The van der Waals surface area contributed by atoms with Gasteiger partial charge in [-0.25, -0.2) is 9.59 Å². The Morgan fingerprint density at radius 3 is 1.86 bits per heavy atom. The van der Waals surface area contributed by atoms with Crippen molar-refractivity contribution in [2.75, 3.05) is 0 Å². The predicted molar refractivity (Wildman–Crippen MR) is 114 cm³/mol. The zero-order chi connectivity index (χ0) is 28.2. The molecule has 3 atom stereocenters. The number of aliphatic carboxylic acids is 2. The molecule has 14 nitrogen and oxygen atoms in total. The third-order valence-electron chi connectivity index (χ3n) is 4.17. The summed E-state index contributed by atoms with van der Waals surface area (Å²) in [7, 11) is 0. The molecule has 0 unspecified atom stereocenters. The van der Waals surface area contributed by atoms with E-state index in [9.17, 15) is 42.5 Å². The van der Waals surface area contributed by atoms with Gasteiger partial charge in [-0.2, -0.15) is 13.2 Å². The third kappa shape index (κ3) is 12.3. The number of carbonyl (C=O) groups is 5. The van der Waals surface area contributed by atoms with Crippen molar-refractivity contribution < 1.29 is 52.3 Å². The first-order valence-electron chi connectivity index (χ1n) is 9.84. The predicted octanol–water partition coefficient (Wildman–Crippen LogP) is -0.344. The second-order valence-corrected chi connectivity index (χ2v) is 7.13. The van der Waals surface area contributed by atoms with E-state index in [1.54, 1.807) is 19.1 Å². The van der Waals surface area contributed by atoms with Gasteiger partial charge in [-0.1, -0.05) is 12.1 Å². The second-order valence-electron chi connectivity index (χ2n) is 7.13. The van der Waals surface area contributed by atoms with Crippen LogP contribution in [0.4, 0.5) is 18.9 Å². The van der Waals surface area contributed by atoms with Gasteiger partial charge < -0.3 is 31.9 Å². The second kappa shape index (κ2) is 14.2. The van der Waals surface area contributed by atoms with E-state index in [4.69, 9.17) is 20.7 Å². The zero-order valence-electron chi connectivity index (χ0n) is 18.9. The van der Waals surface area contributed by atoms with Crippen LogP contribution in [0.15, 0.2) is 24.3 Å².